The maximum Gasteiger partial charge on any atom is 0.124 e. The average molecular weight is 263 g/mol. The summed E-state index contributed by atoms with van der Waals surface area (Å²) >= 11 is 1.65. The Morgan fingerprint density at radius 3 is 2.78 bits per heavy atom. The lowest BCUT2D eigenvalue weighted by Crippen LogP contribution is -2.08. The lowest BCUT2D eigenvalue weighted by Gasteiger charge is -2.15. The predicted octanol–water partition coefficient (Wildman–Crippen LogP) is 2.60. The van der Waals surface area contributed by atoms with Gasteiger partial charge in [-0.3, -0.25) is 4.68 Å². The number of hydrogen-bond donors (Lipinski definition) is 1. The molecule has 0 radical (unpaired) electrons. The minimum Gasteiger partial charge on any atom is -0.496 e. The highest BCUT2D eigenvalue weighted by atomic mass is 32.2. The van der Waals surface area contributed by atoms with E-state index in [1.54, 1.807) is 23.6 Å². The summed E-state index contributed by atoms with van der Waals surface area (Å²) in [6, 6.07) is 5.90. The van der Waals surface area contributed by atoms with E-state index in [2.05, 4.69) is 11.2 Å². The predicted molar refractivity (Wildman–Crippen MR) is 72.9 cm³/mol. The highest BCUT2D eigenvalue weighted by Crippen LogP contribution is 2.37. The number of aryl methyl sites for hydroxylation is 1. The van der Waals surface area contributed by atoms with Crippen LogP contribution in [0.25, 0.3) is 0 Å². The minimum absolute atomic E-state index is 0.0691. The first kappa shape index (κ1) is 13.0. The first-order valence-electron chi connectivity index (χ1n) is 5.70. The molecule has 0 bridgehead atoms. The molecule has 0 unspecified atom stereocenters. The molecule has 0 amide bonds. The fourth-order valence-electron chi connectivity index (χ4n) is 1.82. The summed E-state index contributed by atoms with van der Waals surface area (Å²) in [5.74, 6) is 0.832. The van der Waals surface area contributed by atoms with Crippen molar-refractivity contribution in [3.05, 3.63) is 36.2 Å². The molecule has 5 heteroatoms. The number of nitrogens with zero attached hydrogens (tertiary/aromatic N) is 2. The number of methoxy groups -OCH3 is 1. The molecule has 2 N–H and O–H groups in total. The van der Waals surface area contributed by atoms with Gasteiger partial charge in [0, 0.05) is 29.7 Å². The summed E-state index contributed by atoms with van der Waals surface area (Å²) in [5, 5.41) is 4.16. The third kappa shape index (κ3) is 2.68. The second kappa shape index (κ2) is 5.46. The van der Waals surface area contributed by atoms with Crippen molar-refractivity contribution in [2.24, 2.45) is 12.8 Å². The van der Waals surface area contributed by atoms with Crippen LogP contribution in [0.4, 0.5) is 0 Å². The smallest absolute Gasteiger partial charge is 0.124 e. The lowest BCUT2D eigenvalue weighted by atomic mass is 10.1. The zero-order valence-electron chi connectivity index (χ0n) is 10.8. The summed E-state index contributed by atoms with van der Waals surface area (Å²) in [5.41, 5.74) is 7.07. The molecule has 18 heavy (non-hydrogen) atoms. The zero-order valence-corrected chi connectivity index (χ0v) is 11.6. The van der Waals surface area contributed by atoms with E-state index in [0.717, 1.165) is 21.1 Å². The molecule has 0 saturated carbocycles. The van der Waals surface area contributed by atoms with E-state index >= 15 is 0 Å². The van der Waals surface area contributed by atoms with Gasteiger partial charge in [0.2, 0.25) is 0 Å². The molecule has 96 valence electrons. The average Bonchev–Trinajstić information content (AvgIpc) is 2.74. The van der Waals surface area contributed by atoms with Gasteiger partial charge in [0.25, 0.3) is 0 Å². The van der Waals surface area contributed by atoms with E-state index in [-0.39, 0.29) is 6.04 Å². The Kier molecular flexibility index (Phi) is 3.93. The fourth-order valence-corrected chi connectivity index (χ4v) is 2.92. The molecule has 0 fully saturated rings. The largest absolute Gasteiger partial charge is 0.496 e. The summed E-state index contributed by atoms with van der Waals surface area (Å²) in [6.45, 7) is 1.96. The van der Waals surface area contributed by atoms with E-state index in [1.165, 1.54) is 0 Å². The normalized spacial score (nSPS) is 12.4. The van der Waals surface area contributed by atoms with Gasteiger partial charge >= 0.3 is 0 Å². The number of benzene rings is 1. The van der Waals surface area contributed by atoms with Crippen LogP contribution >= 0.6 is 11.8 Å². The fraction of sp³-hybridized carbons (Fsp3) is 0.308. The van der Waals surface area contributed by atoms with Crippen LogP contribution in [-0.2, 0) is 7.05 Å². The van der Waals surface area contributed by atoms with E-state index < -0.39 is 0 Å². The second-order valence-electron chi connectivity index (χ2n) is 4.11. The van der Waals surface area contributed by atoms with Gasteiger partial charge in [-0.2, -0.15) is 5.10 Å². The summed E-state index contributed by atoms with van der Waals surface area (Å²) in [7, 11) is 3.57. The standard InChI is InChI=1S/C13H17N3OS/c1-9(14)13-11(17-3)5-4-6-12(13)18-10-7-15-16(2)8-10/h4-9H,14H2,1-3H3/t9-/m0/s1. The van der Waals surface area contributed by atoms with Crippen LogP contribution in [0.3, 0.4) is 0 Å². The van der Waals surface area contributed by atoms with E-state index in [4.69, 9.17) is 10.5 Å². The molecule has 2 aromatic rings. The van der Waals surface area contributed by atoms with Crippen LogP contribution in [0.15, 0.2) is 40.4 Å². The number of hydrogen-bond acceptors (Lipinski definition) is 4. The Morgan fingerprint density at radius 1 is 1.44 bits per heavy atom. The number of rotatable bonds is 4. The van der Waals surface area contributed by atoms with Crippen LogP contribution in [0.2, 0.25) is 0 Å². The van der Waals surface area contributed by atoms with Crippen molar-refractivity contribution in [3.63, 3.8) is 0 Å². The molecule has 0 aliphatic carbocycles. The van der Waals surface area contributed by atoms with Crippen LogP contribution in [-0.4, -0.2) is 16.9 Å². The van der Waals surface area contributed by atoms with Gasteiger partial charge in [0.15, 0.2) is 0 Å². The number of nitrogens with two attached hydrogens (primary N) is 1. The molecule has 1 aromatic heterocycles. The van der Waals surface area contributed by atoms with Crippen molar-refractivity contribution in [2.75, 3.05) is 7.11 Å². The number of ether oxygens (including phenoxy) is 1. The number of aromatic nitrogens is 2. The Morgan fingerprint density at radius 2 is 2.22 bits per heavy atom. The first-order valence-corrected chi connectivity index (χ1v) is 6.52. The van der Waals surface area contributed by atoms with Gasteiger partial charge < -0.3 is 10.5 Å². The highest BCUT2D eigenvalue weighted by molar-refractivity contribution is 7.99. The third-order valence-electron chi connectivity index (χ3n) is 2.61. The monoisotopic (exact) mass is 263 g/mol. The Labute approximate surface area is 111 Å². The quantitative estimate of drug-likeness (QED) is 0.921. The van der Waals surface area contributed by atoms with Crippen LogP contribution in [0.1, 0.15) is 18.5 Å². The Bertz CT molecular complexity index is 537. The Hall–Kier alpha value is -1.46. The molecule has 0 saturated heterocycles. The van der Waals surface area contributed by atoms with E-state index in [1.807, 2.05) is 38.5 Å². The van der Waals surface area contributed by atoms with Crippen LogP contribution < -0.4 is 10.5 Å². The first-order chi connectivity index (χ1) is 8.61. The Balaban J connectivity index is 2.37. The summed E-state index contributed by atoms with van der Waals surface area (Å²) in [6.07, 6.45) is 3.82. The van der Waals surface area contributed by atoms with Crippen molar-refractivity contribution >= 4 is 11.8 Å². The highest BCUT2D eigenvalue weighted by Gasteiger charge is 2.14. The molecule has 1 atom stereocenters. The molecule has 4 nitrogen and oxygen atoms in total. The van der Waals surface area contributed by atoms with Gasteiger partial charge in [-0.05, 0) is 19.1 Å². The van der Waals surface area contributed by atoms with Gasteiger partial charge in [-0.25, -0.2) is 0 Å². The molecule has 0 aliphatic rings. The molecular formula is C13H17N3OS. The van der Waals surface area contributed by atoms with Crippen molar-refractivity contribution in [2.45, 2.75) is 22.8 Å². The van der Waals surface area contributed by atoms with Crippen molar-refractivity contribution in [3.8, 4) is 5.75 Å². The topological polar surface area (TPSA) is 53.1 Å². The summed E-state index contributed by atoms with van der Waals surface area (Å²) < 4.78 is 7.16. The van der Waals surface area contributed by atoms with Crippen molar-refractivity contribution in [1.82, 2.24) is 9.78 Å². The minimum atomic E-state index is -0.0691. The van der Waals surface area contributed by atoms with E-state index in [0.29, 0.717) is 0 Å². The van der Waals surface area contributed by atoms with Crippen LogP contribution in [0.5, 0.6) is 5.75 Å². The molecule has 2 rings (SSSR count). The lowest BCUT2D eigenvalue weighted by molar-refractivity contribution is 0.405. The van der Waals surface area contributed by atoms with Crippen LogP contribution in [0, 0.1) is 0 Å². The van der Waals surface area contributed by atoms with Gasteiger partial charge in [-0.15, -0.1) is 0 Å². The third-order valence-corrected chi connectivity index (χ3v) is 3.63. The maximum atomic E-state index is 6.04. The van der Waals surface area contributed by atoms with Crippen molar-refractivity contribution < 1.29 is 4.74 Å². The zero-order chi connectivity index (χ0) is 13.1. The molecular weight excluding hydrogens is 246 g/mol. The second-order valence-corrected chi connectivity index (χ2v) is 5.23. The summed E-state index contributed by atoms with van der Waals surface area (Å²) in [4.78, 5) is 2.20. The van der Waals surface area contributed by atoms with Gasteiger partial charge in [0.1, 0.15) is 5.75 Å². The molecule has 1 heterocycles. The van der Waals surface area contributed by atoms with Gasteiger partial charge in [0.05, 0.1) is 18.2 Å². The molecule has 1 aromatic carbocycles. The van der Waals surface area contributed by atoms with E-state index in [9.17, 15) is 0 Å². The van der Waals surface area contributed by atoms with Crippen molar-refractivity contribution in [1.29, 1.82) is 0 Å². The molecule has 0 aliphatic heterocycles. The maximum absolute atomic E-state index is 6.04. The SMILES string of the molecule is COc1cccc(Sc2cnn(C)c2)c1[C@H](C)N. The molecule has 0 spiro atoms. The van der Waals surface area contributed by atoms with Gasteiger partial charge in [-0.1, -0.05) is 17.8 Å².